The van der Waals surface area contributed by atoms with Crippen LogP contribution in [0.2, 0.25) is 0 Å². The summed E-state index contributed by atoms with van der Waals surface area (Å²) in [6.45, 7) is 5.76. The summed E-state index contributed by atoms with van der Waals surface area (Å²) < 4.78 is 22.4. The van der Waals surface area contributed by atoms with E-state index in [2.05, 4.69) is 6.07 Å². The largest absolute Gasteiger partial charge is 0.298 e. The van der Waals surface area contributed by atoms with Crippen LogP contribution >= 0.6 is 0 Å². The molecule has 0 spiro atoms. The van der Waals surface area contributed by atoms with E-state index >= 15 is 0 Å². The van der Waals surface area contributed by atoms with Crippen molar-refractivity contribution in [3.8, 4) is 0 Å². The van der Waals surface area contributed by atoms with Crippen LogP contribution < -0.4 is 5.14 Å². The minimum absolute atomic E-state index is 0.151. The summed E-state index contributed by atoms with van der Waals surface area (Å²) in [5.74, 6) is 0. The molecule has 0 atom stereocenters. The molecule has 0 aliphatic carbocycles. The molecule has 1 rings (SSSR count). The van der Waals surface area contributed by atoms with Crippen LogP contribution in [0.25, 0.3) is 0 Å². The molecule has 0 saturated heterocycles. The summed E-state index contributed by atoms with van der Waals surface area (Å²) in [6, 6.07) is 5.53. The minimum atomic E-state index is -3.83. The highest BCUT2D eigenvalue weighted by molar-refractivity contribution is 7.89. The average Bonchev–Trinajstić information content (AvgIpc) is 2.14. The van der Waals surface area contributed by atoms with E-state index in [0.717, 1.165) is 5.56 Å². The zero-order valence-corrected chi connectivity index (χ0v) is 10.3. The van der Waals surface area contributed by atoms with Gasteiger partial charge in [0.1, 0.15) is 0 Å². The molecule has 2 N–H and O–H groups in total. The van der Waals surface area contributed by atoms with Crippen LogP contribution in [-0.2, 0) is 15.4 Å². The Balaban J connectivity index is 3.51. The summed E-state index contributed by atoms with van der Waals surface area (Å²) in [5, 5.41) is 5.02. The predicted octanol–water partition coefficient (Wildman–Crippen LogP) is 1.24. The molecule has 0 aromatic heterocycles. The fourth-order valence-electron chi connectivity index (χ4n) is 1.21. The van der Waals surface area contributed by atoms with Gasteiger partial charge in [-0.2, -0.15) is 0 Å². The third kappa shape index (κ3) is 2.90. The molecule has 0 aliphatic heterocycles. The molecule has 5 heteroatoms. The molecule has 0 amide bonds. The summed E-state index contributed by atoms with van der Waals surface area (Å²) in [5.41, 5.74) is 0.667. The summed E-state index contributed by atoms with van der Waals surface area (Å²) in [7, 11) is -3.83. The quantitative estimate of drug-likeness (QED) is 0.790. The van der Waals surface area contributed by atoms with Gasteiger partial charge in [0.15, 0.2) is 6.29 Å². The van der Waals surface area contributed by atoms with Crippen LogP contribution in [0.5, 0.6) is 0 Å². The monoisotopic (exact) mass is 240 g/mol. The van der Waals surface area contributed by atoms with Gasteiger partial charge in [0.2, 0.25) is 10.0 Å². The van der Waals surface area contributed by atoms with Gasteiger partial charge >= 0.3 is 0 Å². The summed E-state index contributed by atoms with van der Waals surface area (Å²) >= 11 is 0. The van der Waals surface area contributed by atoms with E-state index in [1.165, 1.54) is 6.07 Å². The first-order chi connectivity index (χ1) is 7.14. The van der Waals surface area contributed by atoms with E-state index in [1.807, 2.05) is 20.8 Å². The molecule has 4 nitrogen and oxygen atoms in total. The zero-order chi connectivity index (χ0) is 12.6. The second kappa shape index (κ2) is 3.99. The normalized spacial score (nSPS) is 12.5. The average molecular weight is 240 g/mol. The maximum atomic E-state index is 11.2. The molecular weight excluding hydrogens is 226 g/mol. The van der Waals surface area contributed by atoms with Crippen LogP contribution in [0.3, 0.4) is 0 Å². The lowest BCUT2D eigenvalue weighted by molar-refractivity contribution is 0.112. The highest BCUT2D eigenvalue weighted by Gasteiger charge is 2.18. The Morgan fingerprint density at radius 2 is 1.88 bits per heavy atom. The SMILES string of the molecule is CC(C)(C)c1cc(C=O)[c]c(S(N)(=O)=O)c1. The van der Waals surface area contributed by atoms with E-state index in [9.17, 15) is 13.2 Å². The van der Waals surface area contributed by atoms with Crippen molar-refractivity contribution in [2.75, 3.05) is 0 Å². The molecule has 87 valence electrons. The molecule has 1 aromatic rings. The maximum absolute atomic E-state index is 11.2. The standard InChI is InChI=1S/C11H14NO3S/c1-11(2,3)9-4-8(7-13)5-10(6-9)16(12,14)15/h4,6-7H,1-3H3,(H2,12,14,15). The maximum Gasteiger partial charge on any atom is 0.238 e. The van der Waals surface area contributed by atoms with Crippen molar-refractivity contribution in [2.45, 2.75) is 31.1 Å². The van der Waals surface area contributed by atoms with Gasteiger partial charge in [0, 0.05) is 11.6 Å². The van der Waals surface area contributed by atoms with Gasteiger partial charge in [0.25, 0.3) is 0 Å². The molecule has 0 bridgehead atoms. The van der Waals surface area contributed by atoms with Gasteiger partial charge in [-0.3, -0.25) is 4.79 Å². The van der Waals surface area contributed by atoms with Crippen molar-refractivity contribution in [3.63, 3.8) is 0 Å². The highest BCUT2D eigenvalue weighted by atomic mass is 32.2. The first-order valence-corrected chi connectivity index (χ1v) is 6.25. The number of rotatable bonds is 2. The Morgan fingerprint density at radius 3 is 2.25 bits per heavy atom. The zero-order valence-electron chi connectivity index (χ0n) is 9.44. The summed E-state index contributed by atoms with van der Waals surface area (Å²) in [6.07, 6.45) is 0.559. The second-order valence-corrected chi connectivity index (χ2v) is 6.13. The predicted molar refractivity (Wildman–Crippen MR) is 60.7 cm³/mol. The van der Waals surface area contributed by atoms with Crippen molar-refractivity contribution in [1.82, 2.24) is 0 Å². The van der Waals surface area contributed by atoms with Crippen LogP contribution in [0.4, 0.5) is 0 Å². The van der Waals surface area contributed by atoms with Crippen molar-refractivity contribution in [1.29, 1.82) is 0 Å². The number of aldehydes is 1. The van der Waals surface area contributed by atoms with Gasteiger partial charge in [-0.1, -0.05) is 20.8 Å². The minimum Gasteiger partial charge on any atom is -0.298 e. The van der Waals surface area contributed by atoms with E-state index in [1.54, 1.807) is 6.07 Å². The Hall–Kier alpha value is -1.20. The van der Waals surface area contributed by atoms with Crippen molar-refractivity contribution >= 4 is 16.3 Å². The number of hydrogen-bond donors (Lipinski definition) is 1. The van der Waals surface area contributed by atoms with E-state index < -0.39 is 10.0 Å². The Kier molecular flexibility index (Phi) is 3.21. The lowest BCUT2D eigenvalue weighted by Crippen LogP contribution is -2.17. The number of benzene rings is 1. The van der Waals surface area contributed by atoms with E-state index in [-0.39, 0.29) is 15.9 Å². The van der Waals surface area contributed by atoms with Gasteiger partial charge in [-0.05, 0) is 23.1 Å². The molecule has 0 heterocycles. The van der Waals surface area contributed by atoms with Crippen molar-refractivity contribution in [3.05, 3.63) is 29.3 Å². The third-order valence-corrected chi connectivity index (χ3v) is 3.00. The molecule has 1 radical (unpaired) electrons. The fraction of sp³-hybridized carbons (Fsp3) is 0.364. The number of primary sulfonamides is 1. The molecule has 16 heavy (non-hydrogen) atoms. The smallest absolute Gasteiger partial charge is 0.238 e. The number of hydrogen-bond acceptors (Lipinski definition) is 3. The van der Waals surface area contributed by atoms with Gasteiger partial charge in [0.05, 0.1) is 4.90 Å². The lowest BCUT2D eigenvalue weighted by Gasteiger charge is -2.19. The number of nitrogens with two attached hydrogens (primary N) is 1. The molecule has 0 unspecified atom stereocenters. The molecule has 0 fully saturated rings. The third-order valence-electron chi connectivity index (χ3n) is 2.16. The molecule has 0 saturated carbocycles. The number of carbonyl (C=O) groups excluding carboxylic acids is 1. The Labute approximate surface area is 95.5 Å². The van der Waals surface area contributed by atoms with Crippen LogP contribution in [0.1, 0.15) is 36.7 Å². The number of carbonyl (C=O) groups is 1. The Morgan fingerprint density at radius 1 is 1.31 bits per heavy atom. The fourth-order valence-corrected chi connectivity index (χ4v) is 1.77. The van der Waals surface area contributed by atoms with Crippen molar-refractivity contribution < 1.29 is 13.2 Å². The lowest BCUT2D eigenvalue weighted by atomic mass is 9.86. The van der Waals surface area contributed by atoms with Gasteiger partial charge in [-0.25, -0.2) is 13.6 Å². The first-order valence-electron chi connectivity index (χ1n) is 4.70. The second-order valence-electron chi connectivity index (χ2n) is 4.60. The first kappa shape index (κ1) is 12.9. The van der Waals surface area contributed by atoms with Crippen LogP contribution in [-0.4, -0.2) is 14.7 Å². The number of sulfonamides is 1. The molecule has 1 aromatic carbocycles. The van der Waals surface area contributed by atoms with Crippen LogP contribution in [0, 0.1) is 6.07 Å². The summed E-state index contributed by atoms with van der Waals surface area (Å²) in [4.78, 5) is 10.5. The molecule has 0 aliphatic rings. The molecular formula is C11H14NO3S. The van der Waals surface area contributed by atoms with E-state index in [4.69, 9.17) is 5.14 Å². The topological polar surface area (TPSA) is 77.2 Å². The highest BCUT2D eigenvalue weighted by Crippen LogP contribution is 2.25. The van der Waals surface area contributed by atoms with E-state index in [0.29, 0.717) is 6.29 Å². The Bertz CT molecular complexity index is 513. The van der Waals surface area contributed by atoms with Gasteiger partial charge in [-0.15, -0.1) is 0 Å². The van der Waals surface area contributed by atoms with Gasteiger partial charge < -0.3 is 0 Å². The van der Waals surface area contributed by atoms with Crippen LogP contribution in [0.15, 0.2) is 17.0 Å². The van der Waals surface area contributed by atoms with Crippen molar-refractivity contribution in [2.24, 2.45) is 5.14 Å².